The first-order valence-electron chi connectivity index (χ1n) is 9.78. The first-order valence-corrected chi connectivity index (χ1v) is 7.28. The molecule has 0 N–H and O–H groups in total. The van der Waals surface area contributed by atoms with Crippen LogP contribution in [0.3, 0.4) is 0 Å². The van der Waals surface area contributed by atoms with Crippen molar-refractivity contribution in [2.45, 2.75) is 47.8 Å². The molecule has 1 aromatic heterocycles. The largest absolute Gasteiger partial charge is 0.212 e. The number of hydrogen-bond donors (Lipinski definition) is 0. The summed E-state index contributed by atoms with van der Waals surface area (Å²) in [6.07, 6.45) is -0.237. The van der Waals surface area contributed by atoms with Crippen LogP contribution in [0.1, 0.15) is 49.9 Å². The van der Waals surface area contributed by atoms with Gasteiger partial charge in [0.05, 0.1) is 0 Å². The molecule has 112 valence electrons. The van der Waals surface area contributed by atoms with Crippen LogP contribution in [0, 0.1) is 26.1 Å². The van der Waals surface area contributed by atoms with Gasteiger partial charge < -0.3 is 0 Å². The molecule has 0 unspecified atom stereocenters. The summed E-state index contributed by atoms with van der Waals surface area (Å²) in [5.74, 6) is 0. The van der Waals surface area contributed by atoms with E-state index in [1.807, 2.05) is 26.0 Å². The first-order chi connectivity index (χ1) is 11.7. The molecule has 1 heterocycles. The zero-order valence-corrected chi connectivity index (χ0v) is 13.8. The zero-order valence-electron chi connectivity index (χ0n) is 18.8. The Morgan fingerprint density at radius 3 is 2.43 bits per heavy atom. The molecule has 0 bridgehead atoms. The highest BCUT2D eigenvalue weighted by Crippen LogP contribution is 2.27. The third-order valence-electron chi connectivity index (χ3n) is 3.44. The summed E-state index contributed by atoms with van der Waals surface area (Å²) in [6, 6.07) is 7.80. The van der Waals surface area contributed by atoms with Crippen molar-refractivity contribution >= 4 is 0 Å². The van der Waals surface area contributed by atoms with Crippen molar-refractivity contribution in [3.63, 3.8) is 0 Å². The van der Waals surface area contributed by atoms with Gasteiger partial charge in [-0.25, -0.2) is 4.57 Å². The first kappa shape index (κ1) is 10.2. The lowest BCUT2D eigenvalue weighted by molar-refractivity contribution is -0.660. The lowest BCUT2D eigenvalue weighted by atomic mass is 9.86. The van der Waals surface area contributed by atoms with Gasteiger partial charge >= 0.3 is 0 Å². The molecular formula is C20H28N+. The lowest BCUT2D eigenvalue weighted by Crippen LogP contribution is -2.32. The quantitative estimate of drug-likeness (QED) is 0.705. The van der Waals surface area contributed by atoms with Gasteiger partial charge in [0, 0.05) is 24.0 Å². The average molecular weight is 287 g/mol. The van der Waals surface area contributed by atoms with E-state index in [4.69, 9.17) is 6.85 Å². The highest BCUT2D eigenvalue weighted by Gasteiger charge is 2.19. The van der Waals surface area contributed by atoms with Crippen molar-refractivity contribution in [3.05, 3.63) is 52.7 Å². The van der Waals surface area contributed by atoms with E-state index in [-0.39, 0.29) is 11.1 Å². The van der Waals surface area contributed by atoms with Crippen molar-refractivity contribution in [1.29, 1.82) is 0 Å². The van der Waals surface area contributed by atoms with E-state index in [0.29, 0.717) is 0 Å². The highest BCUT2D eigenvalue weighted by molar-refractivity contribution is 5.62. The normalized spacial score (nSPS) is 16.6. The third kappa shape index (κ3) is 3.72. The van der Waals surface area contributed by atoms with Crippen molar-refractivity contribution in [2.24, 2.45) is 12.5 Å². The zero-order chi connectivity index (χ0) is 20.1. The van der Waals surface area contributed by atoms with E-state index < -0.39 is 18.6 Å². The van der Waals surface area contributed by atoms with Crippen molar-refractivity contribution in [3.8, 4) is 11.3 Å². The molecule has 0 aliphatic heterocycles. The van der Waals surface area contributed by atoms with Gasteiger partial charge in [0.15, 0.2) is 6.20 Å². The van der Waals surface area contributed by atoms with E-state index >= 15 is 0 Å². The molecule has 1 heteroatoms. The third-order valence-corrected chi connectivity index (χ3v) is 3.44. The maximum absolute atomic E-state index is 8.66. The van der Waals surface area contributed by atoms with E-state index in [1.165, 1.54) is 0 Å². The van der Waals surface area contributed by atoms with Gasteiger partial charge in [-0.15, -0.1) is 0 Å². The summed E-state index contributed by atoms with van der Waals surface area (Å²) >= 11 is 0. The molecule has 21 heavy (non-hydrogen) atoms. The van der Waals surface area contributed by atoms with Gasteiger partial charge in [-0.1, -0.05) is 38.5 Å². The number of aromatic nitrogens is 1. The van der Waals surface area contributed by atoms with Crippen molar-refractivity contribution in [2.75, 3.05) is 0 Å². The Morgan fingerprint density at radius 2 is 1.86 bits per heavy atom. The standard InChI is InChI=1S/C20H28N/c1-14-8-9-18(15(2)10-14)19-11-17(12-20(4,5)6)16(3)13-21(19)7/h8-11,13H,12H2,1-7H3/q+1/i3D3,12D2. The van der Waals surface area contributed by atoms with Gasteiger partial charge in [0.2, 0.25) is 5.69 Å². The summed E-state index contributed by atoms with van der Waals surface area (Å²) < 4.78 is 42.8. The topological polar surface area (TPSA) is 3.88 Å². The average Bonchev–Trinajstić information content (AvgIpc) is 2.45. The molecule has 0 radical (unpaired) electrons. The molecular weight excluding hydrogens is 254 g/mol. The van der Waals surface area contributed by atoms with Crippen LogP contribution in [0.5, 0.6) is 0 Å². The molecule has 0 spiro atoms. The highest BCUT2D eigenvalue weighted by atomic mass is 14.9. The minimum atomic E-state index is -2.38. The predicted octanol–water partition coefficient (Wildman–Crippen LogP) is 4.69. The van der Waals surface area contributed by atoms with Crippen LogP contribution in [0.4, 0.5) is 0 Å². The molecule has 1 aromatic carbocycles. The van der Waals surface area contributed by atoms with Gasteiger partial charge in [-0.05, 0) is 49.7 Å². The number of pyridine rings is 1. The SMILES string of the molecule is [2H]C([2H])([2H])c1c[n+](C)c(-c2ccc(C)cc2C)cc1C([2H])([2H])C(C)(C)C. The van der Waals surface area contributed by atoms with Gasteiger partial charge in [-0.2, -0.15) is 0 Å². The van der Waals surface area contributed by atoms with E-state index in [1.54, 1.807) is 44.6 Å². The Hall–Kier alpha value is -1.63. The summed E-state index contributed by atoms with van der Waals surface area (Å²) in [6.45, 7) is 7.03. The van der Waals surface area contributed by atoms with Crippen LogP contribution in [0.15, 0.2) is 30.5 Å². The molecule has 0 saturated carbocycles. The van der Waals surface area contributed by atoms with Gasteiger partial charge in [-0.3, -0.25) is 0 Å². The van der Waals surface area contributed by atoms with Crippen LogP contribution in [0.2, 0.25) is 0 Å². The van der Waals surface area contributed by atoms with Crippen LogP contribution in [-0.4, -0.2) is 0 Å². The molecule has 0 aliphatic rings. The monoisotopic (exact) mass is 287 g/mol. The van der Waals surface area contributed by atoms with Crippen LogP contribution in [-0.2, 0) is 13.4 Å². The van der Waals surface area contributed by atoms with Crippen LogP contribution < -0.4 is 4.57 Å². The van der Waals surface area contributed by atoms with Crippen LogP contribution in [0.25, 0.3) is 11.3 Å². The Bertz CT molecular complexity index is 829. The molecule has 2 rings (SSSR count). The Balaban J connectivity index is 2.85. The number of hydrogen-bond acceptors (Lipinski definition) is 0. The second kappa shape index (κ2) is 5.63. The Morgan fingerprint density at radius 1 is 1.14 bits per heavy atom. The second-order valence-corrected chi connectivity index (χ2v) is 6.79. The second-order valence-electron chi connectivity index (χ2n) is 6.79. The molecule has 0 atom stereocenters. The minimum Gasteiger partial charge on any atom is -0.201 e. The number of rotatable bonds is 2. The van der Waals surface area contributed by atoms with E-state index in [2.05, 4.69) is 6.07 Å². The van der Waals surface area contributed by atoms with Crippen molar-refractivity contribution in [1.82, 2.24) is 0 Å². The molecule has 1 nitrogen and oxygen atoms in total. The predicted molar refractivity (Wildman–Crippen MR) is 90.4 cm³/mol. The molecule has 0 saturated heterocycles. The van der Waals surface area contributed by atoms with Gasteiger partial charge in [0.1, 0.15) is 7.05 Å². The maximum atomic E-state index is 8.66. The fourth-order valence-electron chi connectivity index (χ4n) is 2.53. The fourth-order valence-corrected chi connectivity index (χ4v) is 2.53. The fraction of sp³-hybridized carbons (Fsp3) is 0.450. The van der Waals surface area contributed by atoms with E-state index in [0.717, 1.165) is 22.4 Å². The van der Waals surface area contributed by atoms with Crippen molar-refractivity contribution < 1.29 is 11.4 Å². The summed E-state index contributed by atoms with van der Waals surface area (Å²) in [4.78, 5) is 0. The number of benzene rings is 1. The summed E-state index contributed by atoms with van der Waals surface area (Å²) in [5, 5.41) is 0. The Labute approximate surface area is 136 Å². The summed E-state index contributed by atoms with van der Waals surface area (Å²) in [5.41, 5.74) is 3.56. The van der Waals surface area contributed by atoms with Crippen LogP contribution >= 0.6 is 0 Å². The smallest absolute Gasteiger partial charge is 0.201 e. The molecule has 2 aromatic rings. The Kier molecular flexibility index (Phi) is 2.72. The number of nitrogens with zero attached hydrogens (tertiary/aromatic N) is 1. The maximum Gasteiger partial charge on any atom is 0.212 e. The van der Waals surface area contributed by atoms with E-state index in [9.17, 15) is 0 Å². The number of aryl methyl sites for hydroxylation is 4. The lowest BCUT2D eigenvalue weighted by Gasteiger charge is -2.19. The summed E-state index contributed by atoms with van der Waals surface area (Å²) in [7, 11) is 1.81. The molecule has 0 fully saturated rings. The molecule has 0 amide bonds. The minimum absolute atomic E-state index is 0.0634. The molecule has 0 aliphatic carbocycles. The van der Waals surface area contributed by atoms with Gasteiger partial charge in [0.25, 0.3) is 0 Å².